The van der Waals surface area contributed by atoms with Gasteiger partial charge in [-0.3, -0.25) is 4.99 Å². The van der Waals surface area contributed by atoms with Gasteiger partial charge in [0.25, 0.3) is 0 Å². The van der Waals surface area contributed by atoms with Crippen LogP contribution in [-0.2, 0) is 16.0 Å². The molecule has 24 heavy (non-hydrogen) atoms. The molecule has 2 aromatic rings. The summed E-state index contributed by atoms with van der Waals surface area (Å²) in [5, 5.41) is 6.36. The average Bonchev–Trinajstić information content (AvgIpc) is 3.10. The zero-order valence-corrected chi connectivity index (χ0v) is 14.1. The van der Waals surface area contributed by atoms with Gasteiger partial charge >= 0.3 is 0 Å². The molecule has 130 valence electrons. The number of methoxy groups -OCH3 is 1. The van der Waals surface area contributed by atoms with Crippen LogP contribution in [0.15, 0.2) is 46.0 Å². The van der Waals surface area contributed by atoms with Crippen molar-refractivity contribution < 1.29 is 13.9 Å². The molecule has 0 saturated carbocycles. The van der Waals surface area contributed by atoms with Crippen LogP contribution in [-0.4, -0.2) is 51.5 Å². The number of rotatable bonds is 9. The largest absolute Gasteiger partial charge is 0.444 e. The Balaban J connectivity index is 1.72. The maximum absolute atomic E-state index is 5.51. The monoisotopic (exact) mass is 332 g/mol. The predicted octanol–water partition coefficient (Wildman–Crippen LogP) is 1.67. The van der Waals surface area contributed by atoms with Crippen LogP contribution in [0.5, 0.6) is 0 Å². The lowest BCUT2D eigenvalue weighted by molar-refractivity contribution is 0.0733. The van der Waals surface area contributed by atoms with E-state index in [1.807, 2.05) is 30.3 Å². The summed E-state index contributed by atoms with van der Waals surface area (Å²) in [7, 11) is 3.37. The molecule has 0 spiro atoms. The molecule has 0 aliphatic carbocycles. The van der Waals surface area contributed by atoms with E-state index in [0.717, 1.165) is 11.3 Å². The van der Waals surface area contributed by atoms with Gasteiger partial charge in [-0.2, -0.15) is 0 Å². The van der Waals surface area contributed by atoms with E-state index in [2.05, 4.69) is 20.6 Å². The Labute approximate surface area is 142 Å². The molecule has 0 amide bonds. The summed E-state index contributed by atoms with van der Waals surface area (Å²) in [6.45, 7) is 2.97. The molecular formula is C17H24N4O3. The number of benzene rings is 1. The van der Waals surface area contributed by atoms with Crippen molar-refractivity contribution >= 4 is 5.96 Å². The molecule has 7 nitrogen and oxygen atoms in total. The molecule has 0 aliphatic rings. The maximum atomic E-state index is 5.51. The number of oxazole rings is 1. The number of hydrogen-bond acceptors (Lipinski definition) is 5. The smallest absolute Gasteiger partial charge is 0.226 e. The number of ether oxygens (including phenoxy) is 2. The van der Waals surface area contributed by atoms with Crippen molar-refractivity contribution in [3.8, 4) is 11.5 Å². The fourth-order valence-corrected chi connectivity index (χ4v) is 1.98. The topological polar surface area (TPSA) is 80.9 Å². The highest BCUT2D eigenvalue weighted by molar-refractivity contribution is 5.79. The zero-order valence-electron chi connectivity index (χ0n) is 14.1. The molecule has 0 saturated heterocycles. The van der Waals surface area contributed by atoms with Crippen LogP contribution < -0.4 is 10.6 Å². The first-order chi connectivity index (χ1) is 11.8. The third-order valence-corrected chi connectivity index (χ3v) is 3.20. The first-order valence-electron chi connectivity index (χ1n) is 7.84. The van der Waals surface area contributed by atoms with Crippen LogP contribution in [0.1, 0.15) is 5.69 Å². The maximum Gasteiger partial charge on any atom is 0.226 e. The molecule has 0 unspecified atom stereocenters. The van der Waals surface area contributed by atoms with Crippen molar-refractivity contribution in [3.05, 3.63) is 42.3 Å². The minimum atomic E-state index is 0.528. The van der Waals surface area contributed by atoms with Crippen LogP contribution in [0.4, 0.5) is 0 Å². The fraction of sp³-hybridized carbons (Fsp3) is 0.412. The van der Waals surface area contributed by atoms with Gasteiger partial charge < -0.3 is 24.5 Å². The molecule has 0 fully saturated rings. The van der Waals surface area contributed by atoms with Crippen molar-refractivity contribution in [3.63, 3.8) is 0 Å². The minimum Gasteiger partial charge on any atom is -0.444 e. The van der Waals surface area contributed by atoms with Gasteiger partial charge in [-0.15, -0.1) is 0 Å². The number of hydrogen-bond donors (Lipinski definition) is 2. The van der Waals surface area contributed by atoms with E-state index >= 15 is 0 Å². The van der Waals surface area contributed by atoms with Crippen LogP contribution in [0, 0.1) is 0 Å². The van der Waals surface area contributed by atoms with E-state index in [9.17, 15) is 0 Å². The molecule has 1 aromatic heterocycles. The molecule has 0 radical (unpaired) electrons. The van der Waals surface area contributed by atoms with Crippen LogP contribution in [0.25, 0.3) is 11.5 Å². The highest BCUT2D eigenvalue weighted by Crippen LogP contribution is 2.17. The first-order valence-corrected chi connectivity index (χ1v) is 7.84. The van der Waals surface area contributed by atoms with E-state index < -0.39 is 0 Å². The fourth-order valence-electron chi connectivity index (χ4n) is 1.98. The van der Waals surface area contributed by atoms with Crippen molar-refractivity contribution in [2.45, 2.75) is 6.54 Å². The second-order valence-electron chi connectivity index (χ2n) is 4.97. The van der Waals surface area contributed by atoms with Crippen LogP contribution in [0.3, 0.4) is 0 Å². The van der Waals surface area contributed by atoms with Crippen molar-refractivity contribution in [2.24, 2.45) is 4.99 Å². The van der Waals surface area contributed by atoms with Gasteiger partial charge in [-0.05, 0) is 12.1 Å². The summed E-state index contributed by atoms with van der Waals surface area (Å²) in [6.07, 6.45) is 1.65. The van der Waals surface area contributed by atoms with Crippen molar-refractivity contribution in [1.82, 2.24) is 15.6 Å². The Kier molecular flexibility index (Phi) is 7.79. The summed E-state index contributed by atoms with van der Waals surface area (Å²) < 4.78 is 15.8. The Morgan fingerprint density at radius 2 is 2.00 bits per heavy atom. The first kappa shape index (κ1) is 18.0. The standard InChI is InChI=1S/C17H24N4O3/c1-18-17(19-8-9-23-11-10-22-2)20-12-15-13-24-16(21-15)14-6-4-3-5-7-14/h3-7,13H,8-12H2,1-2H3,(H2,18,19,20). The van der Waals surface area contributed by atoms with Crippen molar-refractivity contribution in [2.75, 3.05) is 40.5 Å². The quantitative estimate of drug-likeness (QED) is 0.413. The Morgan fingerprint density at radius 1 is 1.17 bits per heavy atom. The summed E-state index contributed by atoms with van der Waals surface area (Å²) >= 11 is 0. The number of guanidine groups is 1. The zero-order chi connectivity index (χ0) is 17.0. The molecule has 0 bridgehead atoms. The average molecular weight is 332 g/mol. The highest BCUT2D eigenvalue weighted by Gasteiger charge is 2.06. The number of aliphatic imine (C=N–C) groups is 1. The van der Waals surface area contributed by atoms with Crippen molar-refractivity contribution in [1.29, 1.82) is 0 Å². The van der Waals surface area contributed by atoms with E-state index in [1.165, 1.54) is 0 Å². The van der Waals surface area contributed by atoms with Gasteiger partial charge in [0, 0.05) is 26.3 Å². The minimum absolute atomic E-state index is 0.528. The predicted molar refractivity (Wildman–Crippen MR) is 92.8 cm³/mol. The van der Waals surface area contributed by atoms with Gasteiger partial charge in [-0.25, -0.2) is 4.98 Å². The number of nitrogens with zero attached hydrogens (tertiary/aromatic N) is 2. The molecule has 0 aliphatic heterocycles. The molecule has 2 N–H and O–H groups in total. The van der Waals surface area contributed by atoms with Crippen LogP contribution >= 0.6 is 0 Å². The Bertz CT molecular complexity index is 613. The van der Waals surface area contributed by atoms with E-state index in [4.69, 9.17) is 13.9 Å². The summed E-state index contributed by atoms with van der Waals surface area (Å²) in [6, 6.07) is 9.81. The van der Waals surface area contributed by atoms with Gasteiger partial charge in [0.15, 0.2) is 5.96 Å². The van der Waals surface area contributed by atoms with Gasteiger partial charge in [0.2, 0.25) is 5.89 Å². The molecule has 7 heteroatoms. The summed E-state index contributed by atoms with van der Waals surface area (Å²) in [5.74, 6) is 1.30. The number of aromatic nitrogens is 1. The summed E-state index contributed by atoms with van der Waals surface area (Å²) in [4.78, 5) is 8.62. The lowest BCUT2D eigenvalue weighted by Gasteiger charge is -2.10. The Hall–Kier alpha value is -2.38. The van der Waals surface area contributed by atoms with Gasteiger partial charge in [0.05, 0.1) is 32.1 Å². The van der Waals surface area contributed by atoms with Gasteiger partial charge in [-0.1, -0.05) is 18.2 Å². The SMILES string of the molecule is CN=C(NCCOCCOC)NCc1coc(-c2ccccc2)n1. The highest BCUT2D eigenvalue weighted by atomic mass is 16.5. The van der Waals surface area contributed by atoms with Gasteiger partial charge in [0.1, 0.15) is 6.26 Å². The normalized spacial score (nSPS) is 11.5. The lowest BCUT2D eigenvalue weighted by atomic mass is 10.2. The second-order valence-corrected chi connectivity index (χ2v) is 4.97. The summed E-state index contributed by atoms with van der Waals surface area (Å²) in [5.41, 5.74) is 1.77. The Morgan fingerprint density at radius 3 is 2.75 bits per heavy atom. The molecular weight excluding hydrogens is 308 g/mol. The molecule has 1 heterocycles. The van der Waals surface area contributed by atoms with E-state index in [-0.39, 0.29) is 0 Å². The third-order valence-electron chi connectivity index (χ3n) is 3.20. The number of nitrogens with one attached hydrogen (secondary N) is 2. The van der Waals surface area contributed by atoms with Crippen LogP contribution in [0.2, 0.25) is 0 Å². The lowest BCUT2D eigenvalue weighted by Crippen LogP contribution is -2.38. The van der Waals surface area contributed by atoms with E-state index in [0.29, 0.717) is 44.8 Å². The third kappa shape index (κ3) is 6.02. The van der Waals surface area contributed by atoms with E-state index in [1.54, 1.807) is 20.4 Å². The second kappa shape index (κ2) is 10.4. The molecule has 2 rings (SSSR count). The molecule has 0 atom stereocenters. The molecule has 1 aromatic carbocycles.